The molecule has 0 spiro atoms. The van der Waals surface area contributed by atoms with Crippen LogP contribution in [0.2, 0.25) is 0 Å². The van der Waals surface area contributed by atoms with Crippen molar-refractivity contribution in [2.45, 2.75) is 11.8 Å². The van der Waals surface area contributed by atoms with E-state index in [4.69, 9.17) is 0 Å². The molecule has 0 saturated heterocycles. The molecule has 0 fully saturated rings. The lowest BCUT2D eigenvalue weighted by atomic mass is 10.2. The van der Waals surface area contributed by atoms with Crippen LogP contribution in [0, 0.1) is 12.7 Å². The Bertz CT molecular complexity index is 542. The second-order valence-corrected chi connectivity index (χ2v) is 5.75. The number of aryl methyl sites for hydroxylation is 1. The summed E-state index contributed by atoms with van der Waals surface area (Å²) < 4.78 is 38.9. The molecule has 0 radical (unpaired) electrons. The molecule has 5 heteroatoms. The van der Waals surface area contributed by atoms with E-state index in [2.05, 4.69) is 13.2 Å². The van der Waals surface area contributed by atoms with E-state index in [1.165, 1.54) is 35.5 Å². The molecule has 0 amide bonds. The molecule has 18 heavy (non-hydrogen) atoms. The number of benzene rings is 1. The molecule has 0 aliphatic carbocycles. The van der Waals surface area contributed by atoms with Crippen molar-refractivity contribution in [3.63, 3.8) is 0 Å². The Morgan fingerprint density at radius 1 is 1.28 bits per heavy atom. The summed E-state index contributed by atoms with van der Waals surface area (Å²) in [5.74, 6) is -0.423. The molecule has 0 bridgehead atoms. The molecule has 1 aromatic carbocycles. The molecule has 0 unspecified atom stereocenters. The number of nitrogens with zero attached hydrogens (tertiary/aromatic N) is 1. The Kier molecular flexibility index (Phi) is 4.81. The third kappa shape index (κ3) is 3.05. The van der Waals surface area contributed by atoms with Gasteiger partial charge in [0.15, 0.2) is 0 Å². The van der Waals surface area contributed by atoms with Crippen molar-refractivity contribution in [3.8, 4) is 0 Å². The minimum absolute atomic E-state index is 0.0742. The Hall–Kier alpha value is -1.46. The van der Waals surface area contributed by atoms with Gasteiger partial charge in [-0.05, 0) is 30.7 Å². The Morgan fingerprint density at radius 2 is 1.83 bits per heavy atom. The third-order valence-corrected chi connectivity index (χ3v) is 4.26. The highest BCUT2D eigenvalue weighted by molar-refractivity contribution is 7.89. The molecule has 1 rings (SSSR count). The lowest BCUT2D eigenvalue weighted by Gasteiger charge is -2.19. The zero-order valence-electron chi connectivity index (χ0n) is 10.3. The number of hydrogen-bond donors (Lipinski definition) is 0. The number of rotatable bonds is 6. The lowest BCUT2D eigenvalue weighted by Crippen LogP contribution is -2.31. The lowest BCUT2D eigenvalue weighted by molar-refractivity contribution is 0.474. The first kappa shape index (κ1) is 14.6. The predicted octanol–water partition coefficient (Wildman–Crippen LogP) is 2.50. The number of halogens is 1. The van der Waals surface area contributed by atoms with Crippen molar-refractivity contribution >= 4 is 10.0 Å². The molecule has 3 nitrogen and oxygen atoms in total. The zero-order chi connectivity index (χ0) is 13.8. The summed E-state index contributed by atoms with van der Waals surface area (Å²) in [4.78, 5) is 0.0742. The Morgan fingerprint density at radius 3 is 2.28 bits per heavy atom. The standard InChI is InChI=1S/C13H16FNO2S/c1-4-8-15(9-5-2)18(16,17)12-6-7-13(14)11(3)10-12/h4-7,10H,1-2,8-9H2,3H3. The van der Waals surface area contributed by atoms with Gasteiger partial charge in [-0.1, -0.05) is 12.2 Å². The van der Waals surface area contributed by atoms with Gasteiger partial charge in [0.05, 0.1) is 4.90 Å². The van der Waals surface area contributed by atoms with Crippen LogP contribution in [0.25, 0.3) is 0 Å². The summed E-state index contributed by atoms with van der Waals surface area (Å²) in [5, 5.41) is 0. The zero-order valence-corrected chi connectivity index (χ0v) is 11.1. The van der Waals surface area contributed by atoms with Crippen LogP contribution < -0.4 is 0 Å². The highest BCUT2D eigenvalue weighted by Gasteiger charge is 2.22. The van der Waals surface area contributed by atoms with Gasteiger partial charge in [0.25, 0.3) is 0 Å². The predicted molar refractivity (Wildman–Crippen MR) is 70.3 cm³/mol. The van der Waals surface area contributed by atoms with E-state index in [0.29, 0.717) is 5.56 Å². The molecular formula is C13H16FNO2S. The van der Waals surface area contributed by atoms with Gasteiger partial charge in [-0.2, -0.15) is 4.31 Å². The van der Waals surface area contributed by atoms with Crippen LogP contribution in [0.15, 0.2) is 48.4 Å². The van der Waals surface area contributed by atoms with Gasteiger partial charge in [0.2, 0.25) is 10.0 Å². The van der Waals surface area contributed by atoms with Gasteiger partial charge in [-0.25, -0.2) is 12.8 Å². The summed E-state index contributed by atoms with van der Waals surface area (Å²) >= 11 is 0. The minimum Gasteiger partial charge on any atom is -0.207 e. The van der Waals surface area contributed by atoms with E-state index in [-0.39, 0.29) is 18.0 Å². The fourth-order valence-corrected chi connectivity index (χ4v) is 2.95. The van der Waals surface area contributed by atoms with Gasteiger partial charge >= 0.3 is 0 Å². The highest BCUT2D eigenvalue weighted by atomic mass is 32.2. The average Bonchev–Trinajstić information content (AvgIpc) is 2.32. The largest absolute Gasteiger partial charge is 0.243 e. The fourth-order valence-electron chi connectivity index (χ4n) is 1.49. The van der Waals surface area contributed by atoms with E-state index < -0.39 is 15.8 Å². The fraction of sp³-hybridized carbons (Fsp3) is 0.231. The molecule has 0 saturated carbocycles. The molecule has 0 aliphatic heterocycles. The molecule has 0 aromatic heterocycles. The first-order chi connectivity index (χ1) is 8.43. The second kappa shape index (κ2) is 5.93. The van der Waals surface area contributed by atoms with Crippen LogP contribution in [0.5, 0.6) is 0 Å². The average molecular weight is 269 g/mol. The van der Waals surface area contributed by atoms with Gasteiger partial charge in [0, 0.05) is 13.1 Å². The molecule has 0 aliphatic rings. The van der Waals surface area contributed by atoms with Crippen molar-refractivity contribution in [1.29, 1.82) is 0 Å². The van der Waals surface area contributed by atoms with Gasteiger partial charge in [-0.3, -0.25) is 0 Å². The molecule has 0 N–H and O–H groups in total. The Labute approximate surface area is 107 Å². The van der Waals surface area contributed by atoms with Gasteiger partial charge in [0.1, 0.15) is 5.82 Å². The smallest absolute Gasteiger partial charge is 0.207 e. The Balaban J connectivity index is 3.21. The van der Waals surface area contributed by atoms with Crippen LogP contribution in [0.3, 0.4) is 0 Å². The summed E-state index contributed by atoms with van der Waals surface area (Å²) in [6.45, 7) is 8.94. The first-order valence-corrected chi connectivity index (χ1v) is 6.85. The monoisotopic (exact) mass is 269 g/mol. The van der Waals surface area contributed by atoms with Crippen molar-refractivity contribution in [3.05, 3.63) is 54.9 Å². The number of sulfonamides is 1. The normalized spacial score (nSPS) is 11.5. The third-order valence-electron chi connectivity index (χ3n) is 2.43. The van der Waals surface area contributed by atoms with Crippen molar-refractivity contribution in [2.24, 2.45) is 0 Å². The van der Waals surface area contributed by atoms with E-state index in [1.54, 1.807) is 0 Å². The van der Waals surface area contributed by atoms with Gasteiger partial charge in [-0.15, -0.1) is 13.2 Å². The maximum absolute atomic E-state index is 13.1. The summed E-state index contributed by atoms with van der Waals surface area (Å²) in [5.41, 5.74) is 0.299. The summed E-state index contributed by atoms with van der Waals surface area (Å²) in [6, 6.07) is 3.74. The minimum atomic E-state index is -3.64. The summed E-state index contributed by atoms with van der Waals surface area (Å²) in [7, 11) is -3.64. The summed E-state index contributed by atoms with van der Waals surface area (Å²) in [6.07, 6.45) is 2.99. The van der Waals surface area contributed by atoms with Gasteiger partial charge < -0.3 is 0 Å². The van der Waals surface area contributed by atoms with Crippen LogP contribution in [-0.2, 0) is 10.0 Å². The second-order valence-electron chi connectivity index (χ2n) is 3.81. The van der Waals surface area contributed by atoms with Crippen LogP contribution in [0.1, 0.15) is 5.56 Å². The van der Waals surface area contributed by atoms with E-state index in [0.717, 1.165) is 6.07 Å². The van der Waals surface area contributed by atoms with E-state index >= 15 is 0 Å². The molecule has 98 valence electrons. The first-order valence-electron chi connectivity index (χ1n) is 5.41. The van der Waals surface area contributed by atoms with E-state index in [9.17, 15) is 12.8 Å². The quantitative estimate of drug-likeness (QED) is 0.744. The topological polar surface area (TPSA) is 37.4 Å². The van der Waals surface area contributed by atoms with Crippen LogP contribution >= 0.6 is 0 Å². The molecular weight excluding hydrogens is 253 g/mol. The van der Waals surface area contributed by atoms with E-state index in [1.807, 2.05) is 0 Å². The maximum atomic E-state index is 13.1. The van der Waals surface area contributed by atoms with Crippen molar-refractivity contribution < 1.29 is 12.8 Å². The molecule has 1 aromatic rings. The van der Waals surface area contributed by atoms with Crippen molar-refractivity contribution in [1.82, 2.24) is 4.31 Å². The highest BCUT2D eigenvalue weighted by Crippen LogP contribution is 2.18. The molecule has 0 heterocycles. The maximum Gasteiger partial charge on any atom is 0.243 e. The molecule has 0 atom stereocenters. The van der Waals surface area contributed by atoms with Crippen LogP contribution in [0.4, 0.5) is 4.39 Å². The number of hydrogen-bond acceptors (Lipinski definition) is 2. The van der Waals surface area contributed by atoms with Crippen molar-refractivity contribution in [2.75, 3.05) is 13.1 Å². The van der Waals surface area contributed by atoms with Crippen LogP contribution in [-0.4, -0.2) is 25.8 Å². The SMILES string of the molecule is C=CCN(CC=C)S(=O)(=O)c1ccc(F)c(C)c1.